The summed E-state index contributed by atoms with van der Waals surface area (Å²) in [7, 11) is -3.62. The number of sulfonamides is 1. The average Bonchev–Trinajstić information content (AvgIpc) is 3.10. The van der Waals surface area contributed by atoms with Crippen molar-refractivity contribution in [1.82, 2.24) is 19.5 Å². The first-order chi connectivity index (χ1) is 12.6. The van der Waals surface area contributed by atoms with Crippen molar-refractivity contribution in [2.24, 2.45) is 0 Å². The van der Waals surface area contributed by atoms with Gasteiger partial charge in [-0.25, -0.2) is 22.8 Å². The van der Waals surface area contributed by atoms with Gasteiger partial charge in [-0.2, -0.15) is 5.10 Å². The third-order valence-corrected chi connectivity index (χ3v) is 6.10. The van der Waals surface area contributed by atoms with Crippen LogP contribution in [0.1, 0.15) is 30.5 Å². The Morgan fingerprint density at radius 3 is 3.15 bits per heavy atom. The van der Waals surface area contributed by atoms with Crippen LogP contribution in [-0.2, 0) is 29.4 Å². The minimum absolute atomic E-state index is 0.119. The Bertz CT molecular complexity index is 894. The summed E-state index contributed by atoms with van der Waals surface area (Å²) in [6.45, 7) is 2.51. The molecule has 4 rings (SSSR count). The molecule has 2 aliphatic heterocycles. The second-order valence-electron chi connectivity index (χ2n) is 6.58. The van der Waals surface area contributed by atoms with Crippen LogP contribution in [0.5, 0.6) is 5.88 Å². The Hall–Kier alpha value is -2.13. The summed E-state index contributed by atoms with van der Waals surface area (Å²) in [6.07, 6.45) is 5.80. The van der Waals surface area contributed by atoms with Crippen LogP contribution in [0.2, 0.25) is 0 Å². The second kappa shape index (κ2) is 7.24. The van der Waals surface area contributed by atoms with Gasteiger partial charge >= 0.3 is 0 Å². The molecule has 0 unspecified atom stereocenters. The molecular weight excluding hydrogens is 354 g/mol. The van der Waals surface area contributed by atoms with E-state index in [-0.39, 0.29) is 4.90 Å². The number of hydrogen-bond donors (Lipinski definition) is 2. The molecule has 2 aromatic heterocycles. The summed E-state index contributed by atoms with van der Waals surface area (Å²) >= 11 is 0. The fourth-order valence-corrected chi connectivity index (χ4v) is 4.44. The highest BCUT2D eigenvalue weighted by molar-refractivity contribution is 7.89. The molecule has 0 saturated heterocycles. The smallest absolute Gasteiger partial charge is 0.247 e. The molecule has 0 spiro atoms. The first kappa shape index (κ1) is 17.3. The number of pyridine rings is 1. The third-order valence-electron chi connectivity index (χ3n) is 4.66. The lowest BCUT2D eigenvalue weighted by molar-refractivity contribution is 0.224. The molecule has 0 radical (unpaired) electrons. The maximum atomic E-state index is 12.5. The molecule has 0 aromatic carbocycles. The monoisotopic (exact) mass is 377 g/mol. The van der Waals surface area contributed by atoms with E-state index in [1.807, 2.05) is 6.07 Å². The summed E-state index contributed by atoms with van der Waals surface area (Å²) in [5, 5.41) is 7.41. The Kier molecular flexibility index (Phi) is 4.82. The van der Waals surface area contributed by atoms with E-state index in [2.05, 4.69) is 26.2 Å². The van der Waals surface area contributed by atoms with Crippen LogP contribution in [0.3, 0.4) is 0 Å². The van der Waals surface area contributed by atoms with Gasteiger partial charge in [0.2, 0.25) is 15.9 Å². The van der Waals surface area contributed by atoms with Crippen LogP contribution in [-0.4, -0.2) is 42.9 Å². The third kappa shape index (κ3) is 3.54. The summed E-state index contributed by atoms with van der Waals surface area (Å²) < 4.78 is 34.7. The lowest BCUT2D eigenvalue weighted by Gasteiger charge is -2.17. The number of aromatic nitrogens is 3. The lowest BCUT2D eigenvalue weighted by atomic mass is 10.1. The largest absolute Gasteiger partial charge is 0.477 e. The van der Waals surface area contributed by atoms with Crippen molar-refractivity contribution in [3.8, 4) is 5.88 Å². The number of rotatable bonds is 6. The molecule has 0 aliphatic carbocycles. The zero-order valence-electron chi connectivity index (χ0n) is 14.6. The van der Waals surface area contributed by atoms with E-state index in [1.54, 1.807) is 4.68 Å². The Morgan fingerprint density at radius 1 is 1.31 bits per heavy atom. The van der Waals surface area contributed by atoms with E-state index in [0.717, 1.165) is 43.7 Å². The van der Waals surface area contributed by atoms with Crippen molar-refractivity contribution >= 4 is 15.8 Å². The van der Waals surface area contributed by atoms with Crippen LogP contribution in [0.15, 0.2) is 23.2 Å². The fraction of sp³-hybridized carbons (Fsp3) is 0.529. The van der Waals surface area contributed by atoms with Crippen molar-refractivity contribution in [2.75, 3.05) is 25.0 Å². The van der Waals surface area contributed by atoms with Crippen LogP contribution in [0, 0.1) is 0 Å². The maximum Gasteiger partial charge on any atom is 0.247 e. The number of nitrogens with zero attached hydrogens (tertiary/aromatic N) is 3. The lowest BCUT2D eigenvalue weighted by Crippen LogP contribution is -2.26. The van der Waals surface area contributed by atoms with Crippen LogP contribution >= 0.6 is 0 Å². The number of aryl methyl sites for hydroxylation is 3. The summed E-state index contributed by atoms with van der Waals surface area (Å²) in [4.78, 5) is 4.75. The van der Waals surface area contributed by atoms with E-state index in [1.165, 1.54) is 11.8 Å². The summed E-state index contributed by atoms with van der Waals surface area (Å²) in [6, 6.07) is 4.15. The Balaban J connectivity index is 1.34. The molecule has 0 fully saturated rings. The van der Waals surface area contributed by atoms with E-state index >= 15 is 0 Å². The van der Waals surface area contributed by atoms with Gasteiger partial charge in [0.1, 0.15) is 5.82 Å². The number of nitrogens with one attached hydrogen (secondary N) is 2. The molecular formula is C17H23N5O3S. The van der Waals surface area contributed by atoms with Gasteiger partial charge in [0.15, 0.2) is 4.90 Å². The predicted molar refractivity (Wildman–Crippen MR) is 96.9 cm³/mol. The van der Waals surface area contributed by atoms with Crippen molar-refractivity contribution in [3.63, 3.8) is 0 Å². The van der Waals surface area contributed by atoms with Crippen molar-refractivity contribution < 1.29 is 13.2 Å². The highest BCUT2D eigenvalue weighted by Crippen LogP contribution is 2.26. The average molecular weight is 377 g/mol. The first-order valence-corrected chi connectivity index (χ1v) is 10.5. The SMILES string of the molecule is O=S(=O)(NCCCc1ccc2c(n1)NCCC2)c1cnn2c1OCCC2. The van der Waals surface area contributed by atoms with Gasteiger partial charge in [-0.3, -0.25) is 0 Å². The van der Waals surface area contributed by atoms with E-state index in [0.29, 0.717) is 32.0 Å². The van der Waals surface area contributed by atoms with Gasteiger partial charge in [0.05, 0.1) is 12.8 Å². The van der Waals surface area contributed by atoms with Gasteiger partial charge in [-0.05, 0) is 37.3 Å². The second-order valence-corrected chi connectivity index (χ2v) is 8.32. The quantitative estimate of drug-likeness (QED) is 0.737. The maximum absolute atomic E-state index is 12.5. The molecule has 2 aliphatic rings. The molecule has 0 atom stereocenters. The molecule has 9 heteroatoms. The van der Waals surface area contributed by atoms with Crippen molar-refractivity contribution in [2.45, 2.75) is 43.5 Å². The standard InChI is InChI=1S/C17H23N5O3S/c23-26(24,15-12-19-22-10-3-11-25-17(15)22)20-9-2-5-14-7-6-13-4-1-8-18-16(13)21-14/h6-7,12,20H,1-5,8-11H2,(H,18,21). The normalized spacial score (nSPS) is 16.3. The molecule has 0 amide bonds. The molecule has 8 nitrogen and oxygen atoms in total. The number of ether oxygens (including phenoxy) is 1. The minimum atomic E-state index is -3.62. The molecule has 140 valence electrons. The van der Waals surface area contributed by atoms with Crippen molar-refractivity contribution in [1.29, 1.82) is 0 Å². The van der Waals surface area contributed by atoms with Gasteiger partial charge in [-0.15, -0.1) is 0 Å². The zero-order valence-corrected chi connectivity index (χ0v) is 15.4. The van der Waals surface area contributed by atoms with Gasteiger partial charge in [0.25, 0.3) is 0 Å². The molecule has 2 aromatic rings. The Morgan fingerprint density at radius 2 is 2.23 bits per heavy atom. The first-order valence-electron chi connectivity index (χ1n) is 9.04. The van der Waals surface area contributed by atoms with E-state index in [4.69, 9.17) is 4.74 Å². The summed E-state index contributed by atoms with van der Waals surface area (Å²) in [5.41, 5.74) is 2.23. The van der Waals surface area contributed by atoms with E-state index in [9.17, 15) is 8.42 Å². The topological polar surface area (TPSA) is 98.1 Å². The Labute approximate surface area is 153 Å². The number of fused-ring (bicyclic) bond motifs is 2. The van der Waals surface area contributed by atoms with Crippen LogP contribution < -0.4 is 14.8 Å². The number of anilines is 1. The zero-order chi connectivity index (χ0) is 18.0. The van der Waals surface area contributed by atoms with Crippen LogP contribution in [0.25, 0.3) is 0 Å². The van der Waals surface area contributed by atoms with E-state index < -0.39 is 10.0 Å². The molecule has 0 saturated carbocycles. The fourth-order valence-electron chi connectivity index (χ4n) is 3.29. The van der Waals surface area contributed by atoms with Gasteiger partial charge in [0, 0.05) is 31.7 Å². The molecule has 2 N–H and O–H groups in total. The highest BCUT2D eigenvalue weighted by Gasteiger charge is 2.26. The predicted octanol–water partition coefficient (Wildman–Crippen LogP) is 1.33. The molecule has 0 bridgehead atoms. The van der Waals surface area contributed by atoms with Crippen LogP contribution in [0.4, 0.5) is 5.82 Å². The summed E-state index contributed by atoms with van der Waals surface area (Å²) in [5.74, 6) is 1.31. The highest BCUT2D eigenvalue weighted by atomic mass is 32.2. The van der Waals surface area contributed by atoms with Gasteiger partial charge in [-0.1, -0.05) is 6.07 Å². The van der Waals surface area contributed by atoms with Crippen molar-refractivity contribution in [3.05, 3.63) is 29.6 Å². The number of hydrogen-bond acceptors (Lipinski definition) is 6. The molecule has 4 heterocycles. The molecule has 26 heavy (non-hydrogen) atoms. The van der Waals surface area contributed by atoms with Gasteiger partial charge < -0.3 is 10.1 Å². The minimum Gasteiger partial charge on any atom is -0.477 e.